The molecule has 0 amide bonds. The predicted octanol–water partition coefficient (Wildman–Crippen LogP) is 3.82. The average Bonchev–Trinajstić information content (AvgIpc) is 2.59. The molecule has 0 saturated heterocycles. The topological polar surface area (TPSA) is 52.6 Å². The van der Waals surface area contributed by atoms with Crippen LogP contribution in [0.25, 0.3) is 0 Å². The highest BCUT2D eigenvalue weighted by Gasteiger charge is 2.12. The van der Waals surface area contributed by atoms with Crippen LogP contribution in [0.15, 0.2) is 42.5 Å². The molecular weight excluding hydrogens is 292 g/mol. The maximum atomic E-state index is 11.8. The second-order valence-electron chi connectivity index (χ2n) is 5.17. The Bertz CT molecular complexity index is 719. The van der Waals surface area contributed by atoms with E-state index in [-0.39, 0.29) is 18.4 Å². The van der Waals surface area contributed by atoms with Crippen LogP contribution >= 0.6 is 0 Å². The molecule has 0 aliphatic rings. The van der Waals surface area contributed by atoms with Gasteiger partial charge in [0.25, 0.3) is 0 Å². The molecule has 2 rings (SSSR count). The summed E-state index contributed by atoms with van der Waals surface area (Å²) in [6, 6.07) is 12.6. The first-order valence-corrected chi connectivity index (χ1v) is 7.49. The fraction of sp³-hybridized carbons (Fsp3) is 0.263. The van der Waals surface area contributed by atoms with Crippen molar-refractivity contribution < 1.29 is 19.1 Å². The molecule has 0 saturated carbocycles. The van der Waals surface area contributed by atoms with Gasteiger partial charge >= 0.3 is 5.97 Å². The molecule has 0 spiro atoms. The molecule has 0 aliphatic heterocycles. The number of ketones is 1. The Morgan fingerprint density at radius 2 is 1.74 bits per heavy atom. The van der Waals surface area contributed by atoms with Crippen LogP contribution in [0.1, 0.15) is 45.7 Å². The number of carbonyl (C=O) groups is 2. The molecule has 4 heteroatoms. The van der Waals surface area contributed by atoms with Gasteiger partial charge in [-0.3, -0.25) is 4.79 Å². The van der Waals surface area contributed by atoms with Crippen molar-refractivity contribution >= 4 is 11.8 Å². The van der Waals surface area contributed by atoms with Gasteiger partial charge in [-0.15, -0.1) is 0 Å². The van der Waals surface area contributed by atoms with E-state index in [9.17, 15) is 9.59 Å². The summed E-state index contributed by atoms with van der Waals surface area (Å²) in [4.78, 5) is 23.3. The fourth-order valence-corrected chi connectivity index (χ4v) is 2.41. The van der Waals surface area contributed by atoms with Gasteiger partial charge < -0.3 is 9.47 Å². The number of esters is 1. The van der Waals surface area contributed by atoms with Crippen LogP contribution in [-0.4, -0.2) is 18.9 Å². The third kappa shape index (κ3) is 3.97. The Labute approximate surface area is 136 Å². The quantitative estimate of drug-likeness (QED) is 0.601. The molecule has 2 aromatic carbocycles. The summed E-state index contributed by atoms with van der Waals surface area (Å²) >= 11 is 0. The van der Waals surface area contributed by atoms with Gasteiger partial charge in [0.15, 0.2) is 5.78 Å². The van der Waals surface area contributed by atoms with Crippen LogP contribution in [0.5, 0.6) is 5.75 Å². The zero-order valence-corrected chi connectivity index (χ0v) is 13.6. The van der Waals surface area contributed by atoms with Crippen LogP contribution in [0.4, 0.5) is 0 Å². The van der Waals surface area contributed by atoms with Crippen molar-refractivity contribution in [3.05, 3.63) is 64.7 Å². The average molecular weight is 312 g/mol. The summed E-state index contributed by atoms with van der Waals surface area (Å²) in [6.45, 7) is 3.81. The number of carbonyl (C=O) groups excluding carboxylic acids is 2. The highest BCUT2D eigenvalue weighted by Crippen LogP contribution is 2.21. The standard InChI is InChI=1S/C19H20O4/c1-4-14-11-16(9-10-17(14)13(2)20)23-12-15-7-5-6-8-18(15)19(21)22-3/h5-11H,4,12H2,1-3H3. The highest BCUT2D eigenvalue weighted by atomic mass is 16.5. The fourth-order valence-electron chi connectivity index (χ4n) is 2.41. The van der Waals surface area contributed by atoms with Gasteiger partial charge in [0.1, 0.15) is 12.4 Å². The zero-order chi connectivity index (χ0) is 16.8. The van der Waals surface area contributed by atoms with Crippen LogP contribution in [-0.2, 0) is 17.8 Å². The third-order valence-electron chi connectivity index (χ3n) is 3.65. The van der Waals surface area contributed by atoms with Gasteiger partial charge in [0.05, 0.1) is 12.7 Å². The molecule has 23 heavy (non-hydrogen) atoms. The summed E-state index contributed by atoms with van der Waals surface area (Å²) in [5, 5.41) is 0. The molecule has 0 unspecified atom stereocenters. The first-order valence-electron chi connectivity index (χ1n) is 7.49. The van der Waals surface area contributed by atoms with E-state index in [1.807, 2.05) is 25.1 Å². The van der Waals surface area contributed by atoms with Crippen molar-refractivity contribution in [1.29, 1.82) is 0 Å². The van der Waals surface area contributed by atoms with Gasteiger partial charge in [0, 0.05) is 11.1 Å². The molecule has 0 N–H and O–H groups in total. The van der Waals surface area contributed by atoms with E-state index in [1.165, 1.54) is 7.11 Å². The van der Waals surface area contributed by atoms with E-state index in [0.717, 1.165) is 23.1 Å². The van der Waals surface area contributed by atoms with Gasteiger partial charge in [-0.2, -0.15) is 0 Å². The van der Waals surface area contributed by atoms with Crippen LogP contribution < -0.4 is 4.74 Å². The van der Waals surface area contributed by atoms with Crippen LogP contribution in [0, 0.1) is 0 Å². The summed E-state index contributed by atoms with van der Waals surface area (Å²) in [7, 11) is 1.36. The molecule has 0 fully saturated rings. The van der Waals surface area contributed by atoms with E-state index in [1.54, 1.807) is 31.2 Å². The largest absolute Gasteiger partial charge is 0.489 e. The first kappa shape index (κ1) is 16.7. The minimum atomic E-state index is -0.384. The van der Waals surface area contributed by atoms with Crippen molar-refractivity contribution in [3.63, 3.8) is 0 Å². The molecule has 0 bridgehead atoms. The Balaban J connectivity index is 2.19. The number of benzene rings is 2. The lowest BCUT2D eigenvalue weighted by Crippen LogP contribution is -2.08. The van der Waals surface area contributed by atoms with Gasteiger partial charge in [-0.25, -0.2) is 4.79 Å². The van der Waals surface area contributed by atoms with E-state index in [0.29, 0.717) is 11.3 Å². The maximum Gasteiger partial charge on any atom is 0.338 e. The molecule has 0 aliphatic carbocycles. The van der Waals surface area contributed by atoms with Crippen LogP contribution in [0.3, 0.4) is 0 Å². The number of methoxy groups -OCH3 is 1. The predicted molar refractivity (Wildman–Crippen MR) is 87.9 cm³/mol. The lowest BCUT2D eigenvalue weighted by atomic mass is 10.0. The number of hydrogen-bond donors (Lipinski definition) is 0. The number of rotatable bonds is 6. The SMILES string of the molecule is CCc1cc(OCc2ccccc2C(=O)OC)ccc1C(C)=O. The van der Waals surface area contributed by atoms with Crippen LogP contribution in [0.2, 0.25) is 0 Å². The molecule has 4 nitrogen and oxygen atoms in total. The summed E-state index contributed by atoms with van der Waals surface area (Å²) in [6.07, 6.45) is 0.755. The number of aryl methyl sites for hydroxylation is 1. The summed E-state index contributed by atoms with van der Waals surface area (Å²) in [5.74, 6) is 0.335. The summed E-state index contributed by atoms with van der Waals surface area (Å²) < 4.78 is 10.6. The molecule has 0 atom stereocenters. The van der Waals surface area contributed by atoms with Crippen molar-refractivity contribution in [2.45, 2.75) is 26.9 Å². The van der Waals surface area contributed by atoms with E-state index < -0.39 is 0 Å². The Hall–Kier alpha value is -2.62. The van der Waals surface area contributed by atoms with Gasteiger partial charge in [0.2, 0.25) is 0 Å². The molecule has 0 heterocycles. The number of ether oxygens (including phenoxy) is 2. The first-order chi connectivity index (χ1) is 11.1. The van der Waals surface area contributed by atoms with Crippen molar-refractivity contribution in [1.82, 2.24) is 0 Å². The minimum Gasteiger partial charge on any atom is -0.489 e. The smallest absolute Gasteiger partial charge is 0.338 e. The summed E-state index contributed by atoms with van der Waals surface area (Å²) in [5.41, 5.74) is 2.92. The van der Waals surface area contributed by atoms with Gasteiger partial charge in [-0.05, 0) is 43.2 Å². The second-order valence-corrected chi connectivity index (χ2v) is 5.17. The molecule has 0 radical (unpaired) electrons. The molecular formula is C19H20O4. The molecule has 0 aromatic heterocycles. The molecule has 2 aromatic rings. The number of Topliss-reactive ketones (excluding diaryl/α,β-unsaturated/α-hetero) is 1. The molecule has 120 valence electrons. The Kier molecular flexibility index (Phi) is 5.52. The third-order valence-corrected chi connectivity index (χ3v) is 3.65. The monoisotopic (exact) mass is 312 g/mol. The second kappa shape index (κ2) is 7.58. The highest BCUT2D eigenvalue weighted by molar-refractivity contribution is 5.95. The zero-order valence-electron chi connectivity index (χ0n) is 13.6. The number of hydrogen-bond acceptors (Lipinski definition) is 4. The van der Waals surface area contributed by atoms with Crippen molar-refractivity contribution in [2.75, 3.05) is 7.11 Å². The maximum absolute atomic E-state index is 11.8. The van der Waals surface area contributed by atoms with Crippen molar-refractivity contribution in [3.8, 4) is 5.75 Å². The van der Waals surface area contributed by atoms with E-state index in [4.69, 9.17) is 9.47 Å². The van der Waals surface area contributed by atoms with Gasteiger partial charge in [-0.1, -0.05) is 25.1 Å². The normalized spacial score (nSPS) is 10.2. The Morgan fingerprint density at radius 1 is 1.00 bits per heavy atom. The van der Waals surface area contributed by atoms with E-state index >= 15 is 0 Å². The lowest BCUT2D eigenvalue weighted by Gasteiger charge is -2.12. The van der Waals surface area contributed by atoms with E-state index in [2.05, 4.69) is 0 Å². The minimum absolute atomic E-state index is 0.0458. The lowest BCUT2D eigenvalue weighted by molar-refractivity contribution is 0.0597. The van der Waals surface area contributed by atoms with Crippen molar-refractivity contribution in [2.24, 2.45) is 0 Å². The Morgan fingerprint density at radius 3 is 2.39 bits per heavy atom.